The molecule has 0 heterocycles. The average Bonchev–Trinajstić information content (AvgIpc) is 0.743. The Morgan fingerprint density at radius 1 is 0.163 bits per heavy atom. The average molecular weight is 1390 g/mol. The monoisotopic (exact) mass is 1390 g/mol. The molecule has 104 heavy (non-hydrogen) atoms. The first-order valence-corrected chi connectivity index (χ1v) is 36.2. The Kier molecular flexibility index (Phi) is 16.8. The molecule has 2 N–H and O–H groups in total. The number of hydrogen-bond donors (Lipinski definition) is 2. The fourth-order valence-corrected chi connectivity index (χ4v) is 16.2. The smallest absolute Gasteiger partial charge is 0.423 e. The number of fused-ring (bicyclic) bond motifs is 12. The molecule has 4 heteroatoms. The third-order valence-corrected chi connectivity index (χ3v) is 21.3. The van der Waals surface area contributed by atoms with E-state index in [1.807, 2.05) is 36.4 Å². The van der Waals surface area contributed by atoms with Gasteiger partial charge in [-0.15, -0.1) is 0 Å². The lowest BCUT2D eigenvalue weighted by molar-refractivity contribution is 0.426. The van der Waals surface area contributed by atoms with Crippen LogP contribution in [0, 0.1) is 0 Å². The maximum absolute atomic E-state index is 10.2. The molecule has 20 aromatic rings. The largest absolute Gasteiger partial charge is 0.489 e. The van der Waals surface area contributed by atoms with Crippen molar-refractivity contribution in [3.63, 3.8) is 0 Å². The second kappa shape index (κ2) is 27.4. The first kappa shape index (κ1) is 63.6. The van der Waals surface area contributed by atoms with Gasteiger partial charge in [-0.1, -0.05) is 350 Å². The topological polar surface area (TPSA) is 40.5 Å². The molecule has 0 fully saturated rings. The van der Waals surface area contributed by atoms with Crippen LogP contribution >= 0.6 is 15.9 Å². The lowest BCUT2D eigenvalue weighted by Gasteiger charge is -2.19. The van der Waals surface area contributed by atoms with Gasteiger partial charge in [0.15, 0.2) is 0 Å². The molecular formula is C100H66BBrO2. The van der Waals surface area contributed by atoms with E-state index in [2.05, 4.69) is 368 Å². The van der Waals surface area contributed by atoms with E-state index in [9.17, 15) is 10.0 Å². The molecule has 0 bridgehead atoms. The fourth-order valence-electron chi connectivity index (χ4n) is 15.8. The van der Waals surface area contributed by atoms with Gasteiger partial charge in [-0.2, -0.15) is 0 Å². The highest BCUT2D eigenvalue weighted by Crippen LogP contribution is 2.46. The van der Waals surface area contributed by atoms with Crippen LogP contribution in [-0.2, 0) is 0 Å². The van der Waals surface area contributed by atoms with Gasteiger partial charge in [0.25, 0.3) is 0 Å². The molecule has 0 amide bonds. The number of hydrogen-bond acceptors (Lipinski definition) is 2. The minimum atomic E-state index is -1.54. The normalized spacial score (nSPS) is 11.4. The van der Waals surface area contributed by atoms with Gasteiger partial charge >= 0.3 is 7.12 Å². The van der Waals surface area contributed by atoms with Crippen molar-refractivity contribution in [2.24, 2.45) is 0 Å². The Labute approximate surface area is 612 Å². The molecule has 0 aliphatic heterocycles. The summed E-state index contributed by atoms with van der Waals surface area (Å²) in [4.78, 5) is 0. The van der Waals surface area contributed by atoms with Crippen LogP contribution in [0.2, 0.25) is 0 Å². The van der Waals surface area contributed by atoms with E-state index < -0.39 is 7.12 Å². The predicted octanol–water partition coefficient (Wildman–Crippen LogP) is 26.7. The maximum Gasteiger partial charge on any atom is 0.489 e. The summed E-state index contributed by atoms with van der Waals surface area (Å²) in [6.45, 7) is 0. The molecule has 0 aromatic heterocycles. The summed E-state index contributed by atoms with van der Waals surface area (Å²) in [6, 6.07) is 139. The summed E-state index contributed by atoms with van der Waals surface area (Å²) in [5.74, 6) is 0. The molecule has 0 saturated carbocycles. The molecule has 0 saturated heterocycles. The van der Waals surface area contributed by atoms with Crippen molar-refractivity contribution in [3.8, 4) is 77.9 Å². The van der Waals surface area contributed by atoms with E-state index in [1.54, 1.807) is 0 Å². The van der Waals surface area contributed by atoms with Gasteiger partial charge in [-0.25, -0.2) is 0 Å². The predicted molar refractivity (Wildman–Crippen MR) is 450 cm³/mol. The zero-order chi connectivity index (χ0) is 69.6. The molecule has 488 valence electrons. The molecule has 0 unspecified atom stereocenters. The van der Waals surface area contributed by atoms with E-state index in [-0.39, 0.29) is 0 Å². The van der Waals surface area contributed by atoms with Crippen molar-refractivity contribution in [2.75, 3.05) is 0 Å². The van der Waals surface area contributed by atoms with Gasteiger partial charge in [0, 0.05) is 4.47 Å². The van der Waals surface area contributed by atoms with E-state index in [0.717, 1.165) is 42.7 Å². The van der Waals surface area contributed by atoms with E-state index in [1.165, 1.54) is 147 Å². The summed E-state index contributed by atoms with van der Waals surface area (Å²) in [5, 5.41) is 44.5. The second-order valence-corrected chi connectivity index (χ2v) is 27.8. The molecule has 20 rings (SSSR count). The van der Waals surface area contributed by atoms with Gasteiger partial charge in [-0.05, 0) is 246 Å². The summed E-state index contributed by atoms with van der Waals surface area (Å²) in [7, 11) is -1.54. The number of rotatable bonds is 8. The Morgan fingerprint density at radius 2 is 0.404 bits per heavy atom. The van der Waals surface area contributed by atoms with Crippen molar-refractivity contribution in [1.82, 2.24) is 0 Å². The van der Waals surface area contributed by atoms with Crippen LogP contribution in [-0.4, -0.2) is 17.2 Å². The third kappa shape index (κ3) is 12.0. The number of halogens is 1. The van der Waals surface area contributed by atoms with Crippen molar-refractivity contribution in [2.45, 2.75) is 0 Å². The lowest BCUT2D eigenvalue weighted by atomic mass is 9.72. The number of benzene rings is 20. The second-order valence-electron chi connectivity index (χ2n) is 26.9. The van der Waals surface area contributed by atoms with Crippen molar-refractivity contribution >= 4 is 136 Å². The van der Waals surface area contributed by atoms with Crippen LogP contribution in [0.25, 0.3) is 186 Å². The highest BCUT2D eigenvalue weighted by Gasteiger charge is 2.23. The van der Waals surface area contributed by atoms with Crippen LogP contribution < -0.4 is 5.46 Å². The molecule has 0 atom stereocenters. The standard InChI is InChI=1S/C50H32.C30H21BO2.C20H13Br/c1-2-13-36-29-39(27-23-33(36)11-1)37-14-9-16-41(30-37)49-44-19-5-7-21-46(44)50(47-22-8-6-20-45(47)49)42-17-10-15-38(31-42)40-28-26-35-25-24-34-12-3-4-18-43(34)48(35)32-40;32-31(33)30-27-14-5-3-12-25(27)29(26-13-4-6-15-28(26)30)24-11-7-10-22(19-24)23-17-16-20-8-1-2-9-21(20)18-23;21-18-6-3-5-16(12-18)17-11-10-15-9-8-14-4-1-2-7-19(14)20(15)13-17/h1-32H;1-19,32-33H;1-13H. The fraction of sp³-hybridized carbons (Fsp3) is 0. The minimum Gasteiger partial charge on any atom is -0.423 e. The summed E-state index contributed by atoms with van der Waals surface area (Å²) in [6.07, 6.45) is 0. The van der Waals surface area contributed by atoms with Crippen LogP contribution in [0.5, 0.6) is 0 Å². The van der Waals surface area contributed by atoms with Gasteiger partial charge in [-0.3, -0.25) is 0 Å². The first-order valence-electron chi connectivity index (χ1n) is 35.4. The SMILES string of the molecule is Brc1cccc(-c2ccc3ccc4ccccc4c3c2)c1.OB(O)c1c2ccccc2c(-c2cccc(-c3ccc4ccccc4c3)c2)c2ccccc12.c1cc(-c2ccc3ccccc3c2)cc(-c2c3ccccc3c(-c3cccc(-c4ccc5ccc6ccccc6c5c4)c3)c3ccccc23)c1. The Balaban J connectivity index is 0.000000122. The molecule has 0 aliphatic rings. The Bertz CT molecular complexity index is 6640. The quantitative estimate of drug-likeness (QED) is 0.0904. The van der Waals surface area contributed by atoms with Crippen LogP contribution in [0.3, 0.4) is 0 Å². The zero-order valence-electron chi connectivity index (χ0n) is 56.8. The van der Waals surface area contributed by atoms with E-state index in [0.29, 0.717) is 5.46 Å². The highest BCUT2D eigenvalue weighted by molar-refractivity contribution is 9.10. The van der Waals surface area contributed by atoms with Crippen molar-refractivity contribution < 1.29 is 10.0 Å². The molecule has 0 aliphatic carbocycles. The zero-order valence-corrected chi connectivity index (χ0v) is 58.4. The van der Waals surface area contributed by atoms with Gasteiger partial charge < -0.3 is 10.0 Å². The van der Waals surface area contributed by atoms with E-state index >= 15 is 0 Å². The van der Waals surface area contributed by atoms with Crippen LogP contribution in [0.4, 0.5) is 0 Å². The maximum atomic E-state index is 10.2. The van der Waals surface area contributed by atoms with Gasteiger partial charge in [0.2, 0.25) is 0 Å². The van der Waals surface area contributed by atoms with Gasteiger partial charge in [0.05, 0.1) is 0 Å². The third-order valence-electron chi connectivity index (χ3n) is 20.8. The molecule has 2 nitrogen and oxygen atoms in total. The van der Waals surface area contributed by atoms with Crippen molar-refractivity contribution in [1.29, 1.82) is 0 Å². The van der Waals surface area contributed by atoms with Crippen molar-refractivity contribution in [3.05, 3.63) is 393 Å². The van der Waals surface area contributed by atoms with Crippen LogP contribution in [0.1, 0.15) is 0 Å². The minimum absolute atomic E-state index is 0.552. The lowest BCUT2D eigenvalue weighted by Crippen LogP contribution is -2.31. The molecule has 0 spiro atoms. The van der Waals surface area contributed by atoms with Gasteiger partial charge in [0.1, 0.15) is 0 Å². The summed E-state index contributed by atoms with van der Waals surface area (Å²) >= 11 is 3.55. The summed E-state index contributed by atoms with van der Waals surface area (Å²) in [5.41, 5.74) is 17.5. The molecular weight excluding hydrogens is 1320 g/mol. The highest BCUT2D eigenvalue weighted by atomic mass is 79.9. The Hall–Kier alpha value is -12.5. The van der Waals surface area contributed by atoms with Crippen LogP contribution in [0.15, 0.2) is 393 Å². The Morgan fingerprint density at radius 3 is 0.760 bits per heavy atom. The molecule has 20 aromatic carbocycles. The first-order chi connectivity index (χ1) is 51.3. The molecule has 0 radical (unpaired) electrons. The summed E-state index contributed by atoms with van der Waals surface area (Å²) < 4.78 is 1.11. The van der Waals surface area contributed by atoms with E-state index in [4.69, 9.17) is 0 Å².